The van der Waals surface area contributed by atoms with E-state index in [2.05, 4.69) is 123 Å². The summed E-state index contributed by atoms with van der Waals surface area (Å²) in [6.45, 7) is 41.0. The third-order valence-electron chi connectivity index (χ3n) is 17.4. The van der Waals surface area contributed by atoms with Crippen LogP contribution in [-0.4, -0.2) is 120 Å². The van der Waals surface area contributed by atoms with Gasteiger partial charge in [-0.2, -0.15) is 0 Å². The first kappa shape index (κ1) is 83.0. The number of Topliss-reactive ketones (excluding diaryl/α,β-unsaturated/α-hetero) is 1. The van der Waals surface area contributed by atoms with Gasteiger partial charge in [0.2, 0.25) is 11.8 Å². The summed E-state index contributed by atoms with van der Waals surface area (Å²) in [6.07, 6.45) is 20.9. The molecule has 1 aliphatic carbocycles. The molecule has 7 unspecified atom stereocenters. The summed E-state index contributed by atoms with van der Waals surface area (Å²) in [5.41, 5.74) is 16.0. The number of carbonyl (C=O) groups is 5. The molecule has 2 aliphatic rings. The monoisotopic (exact) mass is 1300 g/mol. The number of fused-ring (bicyclic) bond motifs is 1. The Kier molecular flexibility index (Phi) is 40.9. The van der Waals surface area contributed by atoms with Crippen molar-refractivity contribution in [1.29, 1.82) is 0 Å². The van der Waals surface area contributed by atoms with E-state index >= 15 is 0 Å². The van der Waals surface area contributed by atoms with E-state index in [0.717, 1.165) is 120 Å². The highest BCUT2D eigenvalue weighted by atomic mass is 32.1. The summed E-state index contributed by atoms with van der Waals surface area (Å²) in [4.78, 5) is 76.2. The number of ether oxygens (including phenoxy) is 3. The zero-order valence-electron chi connectivity index (χ0n) is 61.0. The first-order chi connectivity index (χ1) is 44.0. The van der Waals surface area contributed by atoms with E-state index in [1.807, 2.05) is 46.2 Å². The minimum Gasteiger partial charge on any atom is -0.467 e. The first-order valence-electron chi connectivity index (χ1n) is 35.5. The van der Waals surface area contributed by atoms with Gasteiger partial charge in [0.15, 0.2) is 0 Å². The largest absolute Gasteiger partial charge is 0.467 e. The van der Waals surface area contributed by atoms with E-state index in [9.17, 15) is 24.0 Å². The maximum atomic E-state index is 14.3. The Morgan fingerprint density at radius 1 is 0.859 bits per heavy atom. The van der Waals surface area contributed by atoms with Crippen molar-refractivity contribution in [3.8, 4) is 22.5 Å². The van der Waals surface area contributed by atoms with Crippen LogP contribution in [-0.2, 0) is 64.0 Å². The quantitative estimate of drug-likeness (QED) is 0.0291. The number of methoxy groups -OCH3 is 1. The van der Waals surface area contributed by atoms with E-state index in [4.69, 9.17) is 29.9 Å². The molecule has 1 saturated carbocycles. The molecule has 3 amide bonds. The minimum atomic E-state index is -0.903. The van der Waals surface area contributed by atoms with Crippen LogP contribution in [0.15, 0.2) is 35.8 Å². The number of hydrogen-bond acceptors (Lipinski definition) is 13. The minimum absolute atomic E-state index is 0.0492. The average Bonchev–Trinajstić information content (AvgIpc) is 1.58. The van der Waals surface area contributed by atoms with Gasteiger partial charge in [0.1, 0.15) is 17.9 Å². The predicted octanol–water partition coefficient (Wildman–Crippen LogP) is 16.1. The topological polar surface area (TPSA) is 200 Å². The molecule has 4 heterocycles. The Balaban J connectivity index is 0.000000880. The van der Waals surface area contributed by atoms with Crippen LogP contribution in [0.1, 0.15) is 248 Å². The van der Waals surface area contributed by atoms with Crippen molar-refractivity contribution in [2.45, 2.75) is 264 Å². The highest BCUT2D eigenvalue weighted by Gasteiger charge is 2.38. The van der Waals surface area contributed by atoms with E-state index in [1.165, 1.54) is 56.3 Å². The molecule has 1 saturated heterocycles. The van der Waals surface area contributed by atoms with Gasteiger partial charge in [0.05, 0.1) is 34.8 Å². The van der Waals surface area contributed by atoms with Gasteiger partial charge in [0.25, 0.3) is 12.4 Å². The Morgan fingerprint density at radius 3 is 2.08 bits per heavy atom. The number of rotatable bonds is 35. The Hall–Kier alpha value is -5.07. The lowest BCUT2D eigenvalue weighted by atomic mass is 9.84. The van der Waals surface area contributed by atoms with Gasteiger partial charge in [-0.05, 0) is 118 Å². The number of nitrogens with zero attached hydrogens (tertiary/aromatic N) is 5. The van der Waals surface area contributed by atoms with Crippen molar-refractivity contribution in [3.05, 3.63) is 57.7 Å². The number of hydrazine groups is 1. The van der Waals surface area contributed by atoms with Crippen molar-refractivity contribution in [2.75, 3.05) is 53.6 Å². The maximum Gasteiger partial charge on any atom is 0.293 e. The number of likely N-dealkylation sites (N-methyl/N-ethyl adjacent to an activating group) is 1. The van der Waals surface area contributed by atoms with Crippen molar-refractivity contribution in [2.24, 2.45) is 40.7 Å². The molecule has 1 aliphatic heterocycles. The smallest absolute Gasteiger partial charge is 0.293 e. The number of benzene rings is 1. The van der Waals surface area contributed by atoms with E-state index in [-0.39, 0.29) is 60.4 Å². The standard InChI is InChI=1S/C51H75N7O6S.C8H18O.C7H16.C6H13NO.C3H6/c1-13-19-35-24-39(45(52-28-35)34(8)63-12)47-40(27-51(9,10)30-64-31-59)38-25-36(20-21-43(38)57(47)16-4)42-29-65-44(54-42)26-41(50(62)58-23-18-17-22-53-58)55-48(60)46(32(5)6)56(11)49(61)37(15-3)33(7)14-2;1-4-6-9-7-8(3)5-2;1-4-6-7(3)5-2;1-2-3-6(8)4-5-7;1-2-3-1/h20-21,24-25,28-29,31-34,37,41,46,53H,13-19,22-23,26-27,30H2,1-12H3,(H,55,60);8H,4-7H2,1-3H3;7H,4-6H2,1-3H3;2-5,7H2,1H3;1-3H2. The SMILES string of the molecule is C1CC1.CCCC(=O)CCN.CCCC(C)CC.CCCOCC(C)CC.CCCc1cnc(C(C)OC)c(-c2c(CC(C)(C)COC=O)c3cc(-c4csc(CC(NC(=O)C(C(C)C)N(C)C(=O)C(CC)C(C)CC)C(=O)N5CCCCN5)n4)ccc3n2CC)c1. The fraction of sp³-hybridized carbons (Fsp3) is 0.720. The Labute approximate surface area is 561 Å². The summed E-state index contributed by atoms with van der Waals surface area (Å²) in [5, 5.41) is 8.52. The summed E-state index contributed by atoms with van der Waals surface area (Å²) < 4.78 is 18.9. The lowest BCUT2D eigenvalue weighted by Gasteiger charge is -2.36. The number of hydrogen-bond donors (Lipinski definition) is 3. The lowest BCUT2D eigenvalue weighted by Crippen LogP contribution is -2.59. The Bertz CT molecular complexity index is 2720. The normalized spacial score (nSPS) is 15.1. The van der Waals surface area contributed by atoms with Crippen molar-refractivity contribution < 1.29 is 38.2 Å². The number of carbonyl (C=O) groups excluding carboxylic acids is 5. The van der Waals surface area contributed by atoms with Crippen molar-refractivity contribution >= 4 is 52.2 Å². The van der Waals surface area contributed by atoms with Crippen LogP contribution >= 0.6 is 11.3 Å². The van der Waals surface area contributed by atoms with Gasteiger partial charge < -0.3 is 34.7 Å². The number of nitrogens with one attached hydrogen (secondary N) is 2. The van der Waals surface area contributed by atoms with Crippen LogP contribution in [0.3, 0.4) is 0 Å². The second-order valence-electron chi connectivity index (χ2n) is 26.8. The van der Waals surface area contributed by atoms with Crippen molar-refractivity contribution in [3.63, 3.8) is 0 Å². The summed E-state index contributed by atoms with van der Waals surface area (Å²) >= 11 is 1.46. The average molecular weight is 1300 g/mol. The molecule has 3 aromatic heterocycles. The van der Waals surface area contributed by atoms with Gasteiger partial charge in [-0.3, -0.25) is 34.0 Å². The number of pyridine rings is 1. The molecule has 2 fully saturated rings. The fourth-order valence-electron chi connectivity index (χ4n) is 11.2. The molecule has 0 spiro atoms. The van der Waals surface area contributed by atoms with Crippen molar-refractivity contribution in [1.82, 2.24) is 35.2 Å². The van der Waals surface area contributed by atoms with E-state index in [1.54, 1.807) is 24.1 Å². The zero-order valence-corrected chi connectivity index (χ0v) is 61.8. The van der Waals surface area contributed by atoms with Gasteiger partial charge in [-0.1, -0.05) is 168 Å². The number of nitrogens with two attached hydrogens (primary N) is 1. The van der Waals surface area contributed by atoms with Gasteiger partial charge in [-0.25, -0.2) is 10.4 Å². The number of aromatic nitrogens is 3. The molecule has 1 aromatic carbocycles. The molecule has 6 rings (SSSR count). The van der Waals surface area contributed by atoms with E-state index < -0.39 is 17.5 Å². The molecule has 4 N–H and O–H groups in total. The number of thiazole rings is 1. The van der Waals surface area contributed by atoms with Gasteiger partial charge in [-0.15, -0.1) is 11.3 Å². The maximum absolute atomic E-state index is 14.3. The van der Waals surface area contributed by atoms with Gasteiger partial charge in [0, 0.05) is 111 Å². The molecule has 92 heavy (non-hydrogen) atoms. The molecular weight excluding hydrogens is 1170 g/mol. The van der Waals surface area contributed by atoms with Crippen LogP contribution in [0.5, 0.6) is 0 Å². The van der Waals surface area contributed by atoms with E-state index in [0.29, 0.717) is 63.3 Å². The van der Waals surface area contributed by atoms with Crippen LogP contribution in [0, 0.1) is 35.0 Å². The molecule has 16 nitrogen and oxygen atoms in total. The van der Waals surface area contributed by atoms with Crippen LogP contribution in [0.4, 0.5) is 0 Å². The molecule has 4 aromatic rings. The van der Waals surface area contributed by atoms with Crippen LogP contribution < -0.4 is 16.5 Å². The lowest BCUT2D eigenvalue weighted by molar-refractivity contribution is -0.146. The second kappa shape index (κ2) is 45.3. The van der Waals surface area contributed by atoms with Gasteiger partial charge >= 0.3 is 0 Å². The predicted molar refractivity (Wildman–Crippen MR) is 382 cm³/mol. The highest BCUT2D eigenvalue weighted by Crippen LogP contribution is 2.42. The molecular formula is C75H128N8O8S. The molecule has 7 atom stereocenters. The molecule has 522 valence electrons. The summed E-state index contributed by atoms with van der Waals surface area (Å²) in [5.74, 6) is 1.14. The number of amides is 3. The second-order valence-corrected chi connectivity index (χ2v) is 27.7. The fourth-order valence-corrected chi connectivity index (χ4v) is 12.1. The third kappa shape index (κ3) is 28.1. The Morgan fingerprint density at radius 2 is 1.55 bits per heavy atom. The summed E-state index contributed by atoms with van der Waals surface area (Å²) in [6, 6.07) is 7.05. The molecule has 17 heteroatoms. The summed E-state index contributed by atoms with van der Waals surface area (Å²) in [7, 11) is 3.42. The van der Waals surface area contributed by atoms with Crippen LogP contribution in [0.25, 0.3) is 33.4 Å². The van der Waals surface area contributed by atoms with Crippen LogP contribution in [0.2, 0.25) is 0 Å². The first-order valence-corrected chi connectivity index (χ1v) is 36.4. The highest BCUT2D eigenvalue weighted by molar-refractivity contribution is 7.10. The number of aryl methyl sites for hydroxylation is 2. The zero-order chi connectivity index (χ0) is 68.9. The molecule has 0 radical (unpaired) electrons. The number of ketones is 1. The third-order valence-corrected chi connectivity index (χ3v) is 18.3. The molecule has 0 bridgehead atoms.